The van der Waals surface area contributed by atoms with Crippen LogP contribution in [0.4, 0.5) is 5.82 Å². The summed E-state index contributed by atoms with van der Waals surface area (Å²) >= 11 is 0. The fourth-order valence-corrected chi connectivity index (χ4v) is 2.87. The third kappa shape index (κ3) is 3.23. The second-order valence-corrected chi connectivity index (χ2v) is 7.71. The van der Waals surface area contributed by atoms with Crippen molar-refractivity contribution >= 4 is 12.9 Å². The SMILES string of the molecule is CN(C)c1cc(C2C=C(B3OC(C)(C)C(C)(C)O3)CCO2)ccn1. The van der Waals surface area contributed by atoms with Crippen molar-refractivity contribution in [2.45, 2.75) is 51.4 Å². The largest absolute Gasteiger partial charge is 0.490 e. The molecule has 0 saturated carbocycles. The zero-order valence-corrected chi connectivity index (χ0v) is 15.5. The van der Waals surface area contributed by atoms with Gasteiger partial charge in [0.15, 0.2) is 0 Å². The number of nitrogens with zero attached hydrogens (tertiary/aromatic N) is 2. The minimum Gasteiger partial charge on any atom is -0.400 e. The van der Waals surface area contributed by atoms with Crippen LogP contribution in [-0.4, -0.2) is 44.0 Å². The van der Waals surface area contributed by atoms with Crippen molar-refractivity contribution < 1.29 is 14.0 Å². The molecule has 1 unspecified atom stereocenters. The highest BCUT2D eigenvalue weighted by Crippen LogP contribution is 2.40. The minimum atomic E-state index is -0.318. The van der Waals surface area contributed by atoms with Crippen LogP contribution in [0, 0.1) is 0 Å². The number of anilines is 1. The van der Waals surface area contributed by atoms with E-state index < -0.39 is 0 Å². The average molecular weight is 330 g/mol. The number of pyridine rings is 1. The summed E-state index contributed by atoms with van der Waals surface area (Å²) in [4.78, 5) is 6.36. The van der Waals surface area contributed by atoms with Crippen LogP contribution in [0.5, 0.6) is 0 Å². The normalized spacial score (nSPS) is 25.5. The van der Waals surface area contributed by atoms with Crippen molar-refractivity contribution in [3.63, 3.8) is 0 Å². The molecular formula is C18H27BN2O3. The van der Waals surface area contributed by atoms with Crippen LogP contribution in [0.2, 0.25) is 0 Å². The number of aromatic nitrogens is 1. The molecule has 3 rings (SSSR count). The van der Waals surface area contributed by atoms with Gasteiger partial charge in [-0.25, -0.2) is 4.98 Å². The van der Waals surface area contributed by atoms with Gasteiger partial charge in [0.2, 0.25) is 0 Å². The van der Waals surface area contributed by atoms with Gasteiger partial charge >= 0.3 is 7.12 Å². The molecule has 1 aromatic heterocycles. The molecule has 0 amide bonds. The smallest absolute Gasteiger partial charge is 0.400 e. The van der Waals surface area contributed by atoms with Gasteiger partial charge in [0.25, 0.3) is 0 Å². The standard InChI is InChI=1S/C18H27BN2O3/c1-17(2)18(3,4)24-19(23-17)14-8-10-22-15(12-14)13-7-9-20-16(11-13)21(5)6/h7,9,11-12,15H,8,10H2,1-6H3. The Hall–Kier alpha value is -1.37. The molecular weight excluding hydrogens is 303 g/mol. The summed E-state index contributed by atoms with van der Waals surface area (Å²) in [5.74, 6) is 0.923. The lowest BCUT2D eigenvalue weighted by atomic mass is 9.74. The Morgan fingerprint density at radius 1 is 1.17 bits per heavy atom. The molecule has 2 aliphatic rings. The number of hydrogen-bond acceptors (Lipinski definition) is 5. The zero-order valence-electron chi connectivity index (χ0n) is 15.5. The lowest BCUT2D eigenvalue weighted by molar-refractivity contribution is 0.00578. The predicted molar refractivity (Wildman–Crippen MR) is 96.0 cm³/mol. The van der Waals surface area contributed by atoms with Crippen LogP contribution in [0.25, 0.3) is 0 Å². The van der Waals surface area contributed by atoms with Gasteiger partial charge in [0, 0.05) is 20.3 Å². The Morgan fingerprint density at radius 3 is 2.46 bits per heavy atom. The van der Waals surface area contributed by atoms with Gasteiger partial charge in [-0.15, -0.1) is 0 Å². The Kier molecular flexibility index (Phi) is 4.49. The van der Waals surface area contributed by atoms with E-state index in [1.807, 2.05) is 31.3 Å². The van der Waals surface area contributed by atoms with E-state index in [0.29, 0.717) is 6.61 Å². The van der Waals surface area contributed by atoms with Gasteiger partial charge in [-0.3, -0.25) is 0 Å². The first kappa shape index (κ1) is 17.5. The Labute approximate surface area is 145 Å². The summed E-state index contributed by atoms with van der Waals surface area (Å²) in [6.45, 7) is 8.99. The molecule has 2 aliphatic heterocycles. The van der Waals surface area contributed by atoms with Gasteiger partial charge in [-0.2, -0.15) is 0 Å². The van der Waals surface area contributed by atoms with E-state index in [4.69, 9.17) is 14.0 Å². The Balaban J connectivity index is 1.83. The van der Waals surface area contributed by atoms with Crippen molar-refractivity contribution in [1.82, 2.24) is 4.98 Å². The molecule has 3 heterocycles. The monoisotopic (exact) mass is 330 g/mol. The number of rotatable bonds is 3. The van der Waals surface area contributed by atoms with E-state index in [9.17, 15) is 0 Å². The van der Waals surface area contributed by atoms with Gasteiger partial charge in [0.05, 0.1) is 17.8 Å². The summed E-state index contributed by atoms with van der Waals surface area (Å²) in [5, 5.41) is 0. The van der Waals surface area contributed by atoms with Crippen LogP contribution in [-0.2, 0) is 14.0 Å². The first-order valence-corrected chi connectivity index (χ1v) is 8.51. The van der Waals surface area contributed by atoms with E-state index in [0.717, 1.165) is 23.3 Å². The molecule has 1 aromatic rings. The zero-order chi connectivity index (χ0) is 17.5. The highest BCUT2D eigenvalue weighted by Gasteiger charge is 2.52. The number of ether oxygens (including phenoxy) is 1. The average Bonchev–Trinajstić information content (AvgIpc) is 2.76. The van der Waals surface area contributed by atoms with Crippen LogP contribution < -0.4 is 4.90 Å². The third-order valence-corrected chi connectivity index (χ3v) is 5.17. The van der Waals surface area contributed by atoms with Crippen molar-refractivity contribution in [1.29, 1.82) is 0 Å². The van der Waals surface area contributed by atoms with E-state index in [-0.39, 0.29) is 24.4 Å². The van der Waals surface area contributed by atoms with E-state index in [2.05, 4.69) is 44.8 Å². The van der Waals surface area contributed by atoms with Crippen LogP contribution in [0.1, 0.15) is 45.8 Å². The molecule has 130 valence electrons. The molecule has 24 heavy (non-hydrogen) atoms. The molecule has 0 aromatic carbocycles. The quantitative estimate of drug-likeness (QED) is 0.797. The molecule has 1 atom stereocenters. The van der Waals surface area contributed by atoms with Gasteiger partial charge < -0.3 is 18.9 Å². The highest BCUT2D eigenvalue weighted by atomic mass is 16.7. The fraction of sp³-hybridized carbons (Fsp3) is 0.611. The van der Waals surface area contributed by atoms with Crippen LogP contribution >= 0.6 is 0 Å². The summed E-state index contributed by atoms with van der Waals surface area (Å²) in [6, 6.07) is 4.07. The highest BCUT2D eigenvalue weighted by molar-refractivity contribution is 6.54. The van der Waals surface area contributed by atoms with Crippen molar-refractivity contribution in [2.75, 3.05) is 25.6 Å². The van der Waals surface area contributed by atoms with E-state index in [1.54, 1.807) is 0 Å². The first-order chi connectivity index (χ1) is 11.2. The van der Waals surface area contributed by atoms with Crippen LogP contribution in [0.3, 0.4) is 0 Å². The maximum absolute atomic E-state index is 6.18. The number of hydrogen-bond donors (Lipinski definition) is 0. The first-order valence-electron chi connectivity index (χ1n) is 8.51. The third-order valence-electron chi connectivity index (χ3n) is 5.17. The molecule has 1 saturated heterocycles. The maximum atomic E-state index is 6.18. The summed E-state index contributed by atoms with van der Waals surface area (Å²) in [6.07, 6.45) is 4.71. The predicted octanol–water partition coefficient (Wildman–Crippen LogP) is 3.17. The van der Waals surface area contributed by atoms with Crippen molar-refractivity contribution in [2.24, 2.45) is 0 Å². The van der Waals surface area contributed by atoms with E-state index >= 15 is 0 Å². The van der Waals surface area contributed by atoms with Crippen molar-refractivity contribution in [3.8, 4) is 0 Å². The lowest BCUT2D eigenvalue weighted by Gasteiger charge is -2.32. The molecule has 6 heteroatoms. The fourth-order valence-electron chi connectivity index (χ4n) is 2.87. The topological polar surface area (TPSA) is 43.8 Å². The molecule has 1 fully saturated rings. The summed E-state index contributed by atoms with van der Waals surface area (Å²) < 4.78 is 18.3. The van der Waals surface area contributed by atoms with Gasteiger partial charge in [-0.05, 0) is 57.3 Å². The van der Waals surface area contributed by atoms with Crippen LogP contribution in [0.15, 0.2) is 29.9 Å². The van der Waals surface area contributed by atoms with Gasteiger partial charge in [-0.1, -0.05) is 6.08 Å². The Morgan fingerprint density at radius 2 is 1.83 bits per heavy atom. The molecule has 0 aliphatic carbocycles. The molecule has 5 nitrogen and oxygen atoms in total. The molecule has 0 radical (unpaired) electrons. The molecule has 0 N–H and O–H groups in total. The molecule has 0 bridgehead atoms. The summed E-state index contributed by atoms with van der Waals surface area (Å²) in [5.41, 5.74) is 1.62. The lowest BCUT2D eigenvalue weighted by Crippen LogP contribution is -2.41. The molecule has 0 spiro atoms. The van der Waals surface area contributed by atoms with E-state index in [1.165, 1.54) is 0 Å². The summed E-state index contributed by atoms with van der Waals surface area (Å²) in [7, 11) is 3.68. The minimum absolute atomic E-state index is 0.0884. The maximum Gasteiger partial charge on any atom is 0.490 e. The van der Waals surface area contributed by atoms with Crippen molar-refractivity contribution in [3.05, 3.63) is 35.4 Å². The Bertz CT molecular complexity index is 627. The second-order valence-electron chi connectivity index (χ2n) is 7.71. The second kappa shape index (κ2) is 6.17. The van der Waals surface area contributed by atoms with Gasteiger partial charge in [0.1, 0.15) is 11.9 Å².